The van der Waals surface area contributed by atoms with Gasteiger partial charge in [-0.15, -0.1) is 0 Å². The van der Waals surface area contributed by atoms with Crippen molar-refractivity contribution in [2.24, 2.45) is 5.73 Å². The summed E-state index contributed by atoms with van der Waals surface area (Å²) in [4.78, 5) is 57.7. The van der Waals surface area contributed by atoms with Crippen molar-refractivity contribution in [3.05, 3.63) is 84.1 Å². The van der Waals surface area contributed by atoms with E-state index in [9.17, 15) is 23.4 Å². The molecule has 3 fully saturated rings. The average Bonchev–Trinajstić information content (AvgIpc) is 4.02. The van der Waals surface area contributed by atoms with Crippen LogP contribution in [0.1, 0.15) is 105 Å². The number of allylic oxidation sites excluding steroid dienone is 10. The van der Waals surface area contributed by atoms with Gasteiger partial charge in [-0.1, -0.05) is 87.1 Å². The largest absolute Gasteiger partial charge is 0.444 e. The summed E-state index contributed by atoms with van der Waals surface area (Å²) < 4.78 is 21.5. The highest BCUT2D eigenvalue weighted by atomic mass is 32.2. The molecule has 2 heterocycles. The maximum Gasteiger partial charge on any atom is 0.410 e. The highest BCUT2D eigenvalue weighted by molar-refractivity contribution is 7.85. The smallest absolute Gasteiger partial charge is 0.410 e. The number of nitrogens with one attached hydrogen (secondary N) is 2. The highest BCUT2D eigenvalue weighted by Gasteiger charge is 2.56. The summed E-state index contributed by atoms with van der Waals surface area (Å²) >= 11 is 0. The molecule has 4 aliphatic rings. The normalized spacial score (nSPS) is 23.1. The molecule has 4 N–H and O–H groups in total. The van der Waals surface area contributed by atoms with Crippen molar-refractivity contribution < 1.29 is 28.1 Å². The Morgan fingerprint density at radius 1 is 1.07 bits per heavy atom. The average molecular weight is 764 g/mol. The number of likely N-dealkylation sites (tertiary alicyclic amines) is 1. The Bertz CT molecular complexity index is 1600. The SMILES string of the molecule is C=C/C(=C\C=C/C)CC1(S(=O)NC(=O)C2(NC(=O)C3CC(OC(=O)N4CC=C(/C(C)=C\C=C/C)C4)CN3C(=O)C(N)CCCCC/C=C\CC)CC2)CC1. The molecule has 4 atom stereocenters. The monoisotopic (exact) mass is 763 g/mol. The minimum Gasteiger partial charge on any atom is -0.444 e. The first-order valence-electron chi connectivity index (χ1n) is 19.6. The summed E-state index contributed by atoms with van der Waals surface area (Å²) in [6.45, 7) is 12.6. The second-order valence-corrected chi connectivity index (χ2v) is 16.6. The van der Waals surface area contributed by atoms with Crippen LogP contribution in [0.25, 0.3) is 0 Å². The number of amides is 4. The van der Waals surface area contributed by atoms with Crippen molar-refractivity contribution in [1.29, 1.82) is 0 Å². The van der Waals surface area contributed by atoms with Gasteiger partial charge in [-0.05, 0) is 95.3 Å². The molecule has 0 bridgehead atoms. The van der Waals surface area contributed by atoms with Crippen LogP contribution in [0.15, 0.2) is 84.1 Å². The first-order valence-corrected chi connectivity index (χ1v) is 20.7. The van der Waals surface area contributed by atoms with Gasteiger partial charge < -0.3 is 25.6 Å². The molecule has 2 aliphatic heterocycles. The Balaban J connectivity index is 1.41. The third-order valence-electron chi connectivity index (χ3n) is 10.7. The number of ether oxygens (including phenoxy) is 1. The van der Waals surface area contributed by atoms with Crippen LogP contribution < -0.4 is 15.8 Å². The molecule has 4 amide bonds. The molecule has 0 radical (unpaired) electrons. The third kappa shape index (κ3) is 11.5. The minimum absolute atomic E-state index is 0.0185. The Morgan fingerprint density at radius 2 is 1.80 bits per heavy atom. The summed E-state index contributed by atoms with van der Waals surface area (Å²) in [6.07, 6.45) is 26.3. The number of nitrogens with zero attached hydrogens (tertiary/aromatic N) is 2. The number of hydrogen-bond donors (Lipinski definition) is 3. The standard InChI is InChI=1S/C42H61N5O6S/c1-6-10-13-14-15-16-17-20-35(43)38(49)47-30-34(53-40(51)46-26-21-33(29-46)31(5)18-11-7-2)27-36(47)37(48)44-42(24-25-42)39(50)45-54(52)41(22-23-41)28-32(9-4)19-12-8-3/h7-13,18-19,21,34-36H,4,6,14-17,20,22-30,43H2,1-3,5H3,(H,44,48)(H,45,50)/b11-7-,12-8-,13-10-,31-18-,32-19+. The lowest BCUT2D eigenvalue weighted by Gasteiger charge is -2.28. The fraction of sp³-hybridized carbons (Fsp3) is 0.571. The topological polar surface area (TPSA) is 151 Å². The molecular formula is C42H61N5O6S. The van der Waals surface area contributed by atoms with E-state index in [-0.39, 0.29) is 18.9 Å². The second kappa shape index (κ2) is 20.0. The van der Waals surface area contributed by atoms with E-state index >= 15 is 0 Å². The number of nitrogens with two attached hydrogens (primary N) is 1. The molecule has 12 heteroatoms. The van der Waals surface area contributed by atoms with Gasteiger partial charge in [-0.25, -0.2) is 9.00 Å². The lowest BCUT2D eigenvalue weighted by molar-refractivity contribution is -0.140. The van der Waals surface area contributed by atoms with E-state index < -0.39 is 57.4 Å². The molecule has 0 spiro atoms. The van der Waals surface area contributed by atoms with E-state index in [0.717, 1.165) is 48.8 Å². The van der Waals surface area contributed by atoms with E-state index in [1.54, 1.807) is 11.0 Å². The van der Waals surface area contributed by atoms with Crippen molar-refractivity contribution in [3.8, 4) is 0 Å². The minimum atomic E-state index is -1.67. The van der Waals surface area contributed by atoms with Gasteiger partial charge in [-0.2, -0.15) is 0 Å². The van der Waals surface area contributed by atoms with Crippen LogP contribution in [0, 0.1) is 0 Å². The van der Waals surface area contributed by atoms with Gasteiger partial charge in [0.25, 0.3) is 5.91 Å². The van der Waals surface area contributed by atoms with Crippen LogP contribution in [-0.2, 0) is 30.1 Å². The third-order valence-corrected chi connectivity index (χ3v) is 12.4. The first-order chi connectivity index (χ1) is 25.9. The second-order valence-electron chi connectivity index (χ2n) is 15.0. The van der Waals surface area contributed by atoms with Crippen LogP contribution in [0.5, 0.6) is 0 Å². The number of hydrogen-bond acceptors (Lipinski definition) is 7. The van der Waals surface area contributed by atoms with E-state index in [2.05, 4.69) is 35.7 Å². The number of unbranched alkanes of at least 4 members (excludes halogenated alkanes) is 3. The Labute approximate surface area is 324 Å². The zero-order valence-electron chi connectivity index (χ0n) is 32.6. The molecule has 0 aromatic rings. The van der Waals surface area contributed by atoms with Crippen LogP contribution in [-0.4, -0.2) is 85.9 Å². The van der Waals surface area contributed by atoms with Crippen molar-refractivity contribution in [2.75, 3.05) is 19.6 Å². The Kier molecular flexibility index (Phi) is 15.9. The zero-order valence-corrected chi connectivity index (χ0v) is 33.5. The van der Waals surface area contributed by atoms with Crippen molar-refractivity contribution >= 4 is 34.8 Å². The number of carbonyl (C=O) groups is 4. The summed E-state index contributed by atoms with van der Waals surface area (Å²) in [5.74, 6) is -1.41. The Morgan fingerprint density at radius 3 is 2.44 bits per heavy atom. The fourth-order valence-corrected chi connectivity index (χ4v) is 8.20. The molecule has 0 aromatic carbocycles. The number of rotatable bonds is 20. The molecular weight excluding hydrogens is 703 g/mol. The molecule has 4 unspecified atom stereocenters. The van der Waals surface area contributed by atoms with Crippen LogP contribution in [0.3, 0.4) is 0 Å². The van der Waals surface area contributed by atoms with Gasteiger partial charge in [0.05, 0.1) is 17.3 Å². The van der Waals surface area contributed by atoms with Crippen molar-refractivity contribution in [2.45, 2.75) is 133 Å². The summed E-state index contributed by atoms with van der Waals surface area (Å²) in [7, 11) is -1.67. The predicted octanol–water partition coefficient (Wildman–Crippen LogP) is 6.14. The molecule has 11 nitrogen and oxygen atoms in total. The fourth-order valence-electron chi connectivity index (χ4n) is 6.84. The highest BCUT2D eigenvalue weighted by Crippen LogP contribution is 2.47. The quantitative estimate of drug-likeness (QED) is 0.0766. The van der Waals surface area contributed by atoms with Gasteiger partial charge in [0.2, 0.25) is 11.8 Å². The number of carbonyl (C=O) groups excluding carboxylic acids is 4. The Hall–Kier alpha value is -4.03. The maximum atomic E-state index is 14.0. The molecule has 1 saturated heterocycles. The zero-order chi connectivity index (χ0) is 39.3. The van der Waals surface area contributed by atoms with Crippen LogP contribution >= 0.6 is 0 Å². The van der Waals surface area contributed by atoms with Gasteiger partial charge >= 0.3 is 6.09 Å². The van der Waals surface area contributed by atoms with Crippen molar-refractivity contribution in [3.63, 3.8) is 0 Å². The molecule has 2 aliphatic carbocycles. The van der Waals surface area contributed by atoms with Crippen molar-refractivity contribution in [1.82, 2.24) is 19.8 Å². The van der Waals surface area contributed by atoms with E-state index in [1.165, 1.54) is 4.90 Å². The van der Waals surface area contributed by atoms with Gasteiger partial charge in [0.1, 0.15) is 28.7 Å². The molecule has 0 aromatic heterocycles. The molecule has 54 heavy (non-hydrogen) atoms. The van der Waals surface area contributed by atoms with E-state index in [0.29, 0.717) is 51.6 Å². The van der Waals surface area contributed by atoms with Gasteiger partial charge in [0, 0.05) is 19.5 Å². The lowest BCUT2D eigenvalue weighted by Crippen LogP contribution is -2.57. The van der Waals surface area contributed by atoms with Crippen LogP contribution in [0.4, 0.5) is 4.79 Å². The van der Waals surface area contributed by atoms with E-state index in [4.69, 9.17) is 10.5 Å². The maximum absolute atomic E-state index is 14.0. The molecule has 296 valence electrons. The first kappa shape index (κ1) is 42.7. The summed E-state index contributed by atoms with van der Waals surface area (Å²) in [5, 5.41) is 2.90. The molecule has 2 saturated carbocycles. The summed E-state index contributed by atoms with van der Waals surface area (Å²) in [5.41, 5.74) is 8.23. The van der Waals surface area contributed by atoms with Gasteiger partial charge in [-0.3, -0.25) is 19.1 Å². The van der Waals surface area contributed by atoms with E-state index in [1.807, 2.05) is 63.3 Å². The molecule has 4 rings (SSSR count). The van der Waals surface area contributed by atoms with Gasteiger partial charge in [0.15, 0.2) is 0 Å². The predicted molar refractivity (Wildman–Crippen MR) is 215 cm³/mol. The van der Waals surface area contributed by atoms with Crippen LogP contribution in [0.2, 0.25) is 0 Å². The summed E-state index contributed by atoms with van der Waals surface area (Å²) in [6, 6.07) is -1.81. The lowest BCUT2D eigenvalue weighted by atomic mass is 10.1.